The molecule has 0 spiro atoms. The fraction of sp³-hybridized carbons (Fsp3) is 0.0714. The molecular weight excluding hydrogens is 278 g/mol. The van der Waals surface area contributed by atoms with Crippen molar-refractivity contribution in [2.45, 2.75) is 10.6 Å². The maximum atomic E-state index is 11.1. The topological polar surface area (TPSA) is 80.4 Å². The zero-order valence-electron chi connectivity index (χ0n) is 10.4. The monoisotopic (exact) mass is 289 g/mol. The van der Waals surface area contributed by atoms with Crippen molar-refractivity contribution in [1.82, 2.24) is 0 Å². The quantitative estimate of drug-likeness (QED) is 0.517. The number of carboxylic acids is 1. The summed E-state index contributed by atoms with van der Waals surface area (Å²) >= 11 is 1.27. The van der Waals surface area contributed by atoms with Gasteiger partial charge in [-0.1, -0.05) is 30.3 Å². The highest BCUT2D eigenvalue weighted by Gasteiger charge is 2.14. The van der Waals surface area contributed by atoms with Crippen LogP contribution >= 0.6 is 11.8 Å². The van der Waals surface area contributed by atoms with Crippen molar-refractivity contribution in [2.75, 3.05) is 0 Å². The Labute approximate surface area is 119 Å². The van der Waals surface area contributed by atoms with Crippen LogP contribution in [0.15, 0.2) is 53.4 Å². The second kappa shape index (κ2) is 6.21. The standard InChI is InChI=1S/C14H11NO4S/c16-14(17)11-6-2-4-8-13(11)20-9-10-5-1-3-7-12(10)15(18)19/h1-8H,9H2,(H,16,17). The first kappa shape index (κ1) is 14.1. The molecule has 0 aliphatic heterocycles. The van der Waals surface area contributed by atoms with Gasteiger partial charge in [0.2, 0.25) is 0 Å². The van der Waals surface area contributed by atoms with Gasteiger partial charge in [-0.05, 0) is 12.1 Å². The van der Waals surface area contributed by atoms with Crippen molar-refractivity contribution >= 4 is 23.4 Å². The molecule has 0 saturated heterocycles. The molecule has 0 radical (unpaired) electrons. The third kappa shape index (κ3) is 3.16. The van der Waals surface area contributed by atoms with Crippen molar-refractivity contribution in [1.29, 1.82) is 0 Å². The lowest BCUT2D eigenvalue weighted by Gasteiger charge is -2.06. The van der Waals surface area contributed by atoms with Gasteiger partial charge >= 0.3 is 5.97 Å². The predicted octanol–water partition coefficient (Wildman–Crippen LogP) is 3.59. The Morgan fingerprint density at radius 3 is 2.50 bits per heavy atom. The summed E-state index contributed by atoms with van der Waals surface area (Å²) in [4.78, 5) is 22.2. The van der Waals surface area contributed by atoms with Crippen LogP contribution in [-0.4, -0.2) is 16.0 Å². The SMILES string of the molecule is O=C(O)c1ccccc1SCc1ccccc1[N+](=O)[O-]. The molecule has 0 saturated carbocycles. The van der Waals surface area contributed by atoms with Crippen LogP contribution in [0.4, 0.5) is 5.69 Å². The highest BCUT2D eigenvalue weighted by Crippen LogP contribution is 2.29. The molecule has 102 valence electrons. The number of hydrogen-bond acceptors (Lipinski definition) is 4. The Hall–Kier alpha value is -2.34. The predicted molar refractivity (Wildman–Crippen MR) is 76.1 cm³/mol. The van der Waals surface area contributed by atoms with Crippen LogP contribution in [0.2, 0.25) is 0 Å². The van der Waals surface area contributed by atoms with Crippen molar-refractivity contribution in [3.05, 3.63) is 69.8 Å². The van der Waals surface area contributed by atoms with E-state index in [1.807, 2.05) is 0 Å². The van der Waals surface area contributed by atoms with Crippen molar-refractivity contribution in [3.8, 4) is 0 Å². The lowest BCUT2D eigenvalue weighted by atomic mass is 10.2. The number of nitro benzene ring substituents is 1. The summed E-state index contributed by atoms with van der Waals surface area (Å²) < 4.78 is 0. The first-order chi connectivity index (χ1) is 9.59. The van der Waals surface area contributed by atoms with Crippen LogP contribution in [-0.2, 0) is 5.75 Å². The molecular formula is C14H11NO4S. The van der Waals surface area contributed by atoms with Crippen molar-refractivity contribution < 1.29 is 14.8 Å². The van der Waals surface area contributed by atoms with Gasteiger partial charge in [0.1, 0.15) is 0 Å². The van der Waals surface area contributed by atoms with Crippen molar-refractivity contribution in [3.63, 3.8) is 0 Å². The van der Waals surface area contributed by atoms with E-state index in [0.717, 1.165) is 0 Å². The molecule has 20 heavy (non-hydrogen) atoms. The molecule has 0 heterocycles. The molecule has 6 heteroatoms. The maximum absolute atomic E-state index is 11.1. The molecule has 0 atom stereocenters. The van der Waals surface area contributed by atoms with Gasteiger partial charge in [-0.3, -0.25) is 10.1 Å². The van der Waals surface area contributed by atoms with E-state index in [2.05, 4.69) is 0 Å². The molecule has 0 aromatic heterocycles. The number of aromatic carboxylic acids is 1. The maximum Gasteiger partial charge on any atom is 0.336 e. The summed E-state index contributed by atoms with van der Waals surface area (Å²) in [6.07, 6.45) is 0. The van der Waals surface area contributed by atoms with Crippen LogP contribution in [0, 0.1) is 10.1 Å². The molecule has 0 bridgehead atoms. The molecule has 0 amide bonds. The fourth-order valence-electron chi connectivity index (χ4n) is 1.74. The summed E-state index contributed by atoms with van der Waals surface area (Å²) in [6.45, 7) is 0. The highest BCUT2D eigenvalue weighted by atomic mass is 32.2. The molecule has 0 unspecified atom stereocenters. The van der Waals surface area contributed by atoms with E-state index in [4.69, 9.17) is 5.11 Å². The lowest BCUT2D eigenvalue weighted by molar-refractivity contribution is -0.385. The number of nitrogens with zero attached hydrogens (tertiary/aromatic N) is 1. The third-order valence-corrected chi connectivity index (χ3v) is 3.81. The van der Waals surface area contributed by atoms with Gasteiger partial charge in [0.15, 0.2) is 0 Å². The Morgan fingerprint density at radius 2 is 1.80 bits per heavy atom. The molecule has 0 fully saturated rings. The summed E-state index contributed by atoms with van der Waals surface area (Å²) in [6, 6.07) is 13.1. The zero-order chi connectivity index (χ0) is 14.5. The first-order valence-corrected chi connectivity index (χ1v) is 6.75. The van der Waals surface area contributed by atoms with E-state index in [-0.39, 0.29) is 11.3 Å². The molecule has 2 aromatic rings. The van der Waals surface area contributed by atoms with Gasteiger partial charge in [-0.15, -0.1) is 11.8 Å². The number of para-hydroxylation sites is 1. The lowest BCUT2D eigenvalue weighted by Crippen LogP contribution is -1.99. The van der Waals surface area contributed by atoms with Crippen LogP contribution in [0.5, 0.6) is 0 Å². The van der Waals surface area contributed by atoms with Gasteiger partial charge < -0.3 is 5.11 Å². The summed E-state index contributed by atoms with van der Waals surface area (Å²) in [5, 5.41) is 20.0. The summed E-state index contributed by atoms with van der Waals surface area (Å²) in [5.74, 6) is -0.655. The molecule has 2 aromatic carbocycles. The van der Waals surface area contributed by atoms with E-state index in [9.17, 15) is 14.9 Å². The highest BCUT2D eigenvalue weighted by molar-refractivity contribution is 7.98. The van der Waals surface area contributed by atoms with Gasteiger partial charge in [-0.25, -0.2) is 4.79 Å². The second-order valence-electron chi connectivity index (χ2n) is 3.98. The number of carboxylic acid groups (broad SMARTS) is 1. The average Bonchev–Trinajstić information content (AvgIpc) is 2.45. The Morgan fingerprint density at radius 1 is 1.15 bits per heavy atom. The number of thioether (sulfide) groups is 1. The van der Waals surface area contributed by atoms with E-state index in [1.54, 1.807) is 36.4 Å². The summed E-state index contributed by atoms with van der Waals surface area (Å²) in [5.41, 5.74) is 0.826. The third-order valence-electron chi connectivity index (χ3n) is 2.69. The molecule has 2 rings (SSSR count). The number of carbonyl (C=O) groups is 1. The van der Waals surface area contributed by atoms with Crippen LogP contribution < -0.4 is 0 Å². The number of benzene rings is 2. The molecule has 0 aliphatic carbocycles. The minimum atomic E-state index is -1.00. The minimum absolute atomic E-state index is 0.0489. The van der Waals surface area contributed by atoms with Gasteiger partial charge in [-0.2, -0.15) is 0 Å². The van der Waals surface area contributed by atoms with Gasteiger partial charge in [0, 0.05) is 22.3 Å². The van der Waals surface area contributed by atoms with Gasteiger partial charge in [0.05, 0.1) is 10.5 Å². The van der Waals surface area contributed by atoms with Crippen molar-refractivity contribution in [2.24, 2.45) is 0 Å². The number of hydrogen-bond donors (Lipinski definition) is 1. The van der Waals surface area contributed by atoms with E-state index in [1.165, 1.54) is 23.9 Å². The van der Waals surface area contributed by atoms with E-state index in [0.29, 0.717) is 16.2 Å². The average molecular weight is 289 g/mol. The first-order valence-electron chi connectivity index (χ1n) is 5.77. The number of nitro groups is 1. The zero-order valence-corrected chi connectivity index (χ0v) is 11.2. The molecule has 5 nitrogen and oxygen atoms in total. The van der Waals surface area contributed by atoms with Gasteiger partial charge in [0.25, 0.3) is 5.69 Å². The number of rotatable bonds is 5. The largest absolute Gasteiger partial charge is 0.478 e. The van der Waals surface area contributed by atoms with Crippen LogP contribution in [0.1, 0.15) is 15.9 Å². The van der Waals surface area contributed by atoms with E-state index < -0.39 is 10.9 Å². The minimum Gasteiger partial charge on any atom is -0.478 e. The fourth-order valence-corrected chi connectivity index (χ4v) is 2.78. The van der Waals surface area contributed by atoms with E-state index >= 15 is 0 Å². The normalized spacial score (nSPS) is 10.2. The van der Waals surface area contributed by atoms with Crippen LogP contribution in [0.3, 0.4) is 0 Å². The second-order valence-corrected chi connectivity index (χ2v) is 4.99. The molecule has 0 aliphatic rings. The summed E-state index contributed by atoms with van der Waals surface area (Å²) in [7, 11) is 0. The Balaban J connectivity index is 2.22. The Kier molecular flexibility index (Phi) is 4.37. The van der Waals surface area contributed by atoms with Crippen LogP contribution in [0.25, 0.3) is 0 Å². The Bertz CT molecular complexity index is 600. The molecule has 1 N–H and O–H groups in total. The smallest absolute Gasteiger partial charge is 0.336 e.